The number of aliphatic hydroxyl groups excluding tert-OH is 1. The summed E-state index contributed by atoms with van der Waals surface area (Å²) < 4.78 is 5.56. The van der Waals surface area contributed by atoms with Crippen LogP contribution in [0.4, 0.5) is 0 Å². The maximum Gasteiger partial charge on any atom is 0.122 e. The molecule has 0 unspecified atom stereocenters. The summed E-state index contributed by atoms with van der Waals surface area (Å²) in [5.41, 5.74) is 2.82. The highest BCUT2D eigenvalue weighted by molar-refractivity contribution is 5.39. The SMILES string of the molecule is C[C@@H]1CN(CCCc2ccc3c(c2)CCO3)CCN1CCO. The predicted octanol–water partition coefficient (Wildman–Crippen LogP) is 1.55. The number of hydrogen-bond donors (Lipinski definition) is 1. The van der Waals surface area contributed by atoms with Crippen LogP contribution >= 0.6 is 0 Å². The second-order valence-electron chi connectivity index (χ2n) is 6.55. The zero-order valence-electron chi connectivity index (χ0n) is 13.6. The average molecular weight is 304 g/mol. The van der Waals surface area contributed by atoms with Crippen molar-refractivity contribution in [1.82, 2.24) is 9.80 Å². The molecule has 0 saturated carbocycles. The number of aryl methyl sites for hydroxylation is 1. The number of aliphatic hydroxyl groups is 1. The summed E-state index contributed by atoms with van der Waals surface area (Å²) in [4.78, 5) is 4.95. The minimum absolute atomic E-state index is 0.270. The maximum absolute atomic E-state index is 9.07. The molecule has 0 aromatic heterocycles. The minimum Gasteiger partial charge on any atom is -0.493 e. The Bertz CT molecular complexity index is 492. The van der Waals surface area contributed by atoms with Crippen molar-refractivity contribution in [1.29, 1.82) is 0 Å². The van der Waals surface area contributed by atoms with Crippen molar-refractivity contribution in [3.8, 4) is 5.75 Å². The third-order valence-corrected chi connectivity index (χ3v) is 4.93. The van der Waals surface area contributed by atoms with E-state index in [2.05, 4.69) is 34.9 Å². The van der Waals surface area contributed by atoms with E-state index in [0.717, 1.165) is 51.4 Å². The number of nitrogens with zero attached hydrogens (tertiary/aromatic N) is 2. The monoisotopic (exact) mass is 304 g/mol. The van der Waals surface area contributed by atoms with Gasteiger partial charge in [0.15, 0.2) is 0 Å². The topological polar surface area (TPSA) is 35.9 Å². The van der Waals surface area contributed by atoms with E-state index in [1.54, 1.807) is 0 Å². The molecule has 1 N–H and O–H groups in total. The van der Waals surface area contributed by atoms with Crippen molar-refractivity contribution in [2.75, 3.05) is 45.9 Å². The first kappa shape index (κ1) is 15.8. The molecule has 3 rings (SSSR count). The van der Waals surface area contributed by atoms with Gasteiger partial charge in [0.2, 0.25) is 0 Å². The molecular formula is C18H28N2O2. The van der Waals surface area contributed by atoms with E-state index < -0.39 is 0 Å². The zero-order chi connectivity index (χ0) is 15.4. The van der Waals surface area contributed by atoms with E-state index in [1.807, 2.05) is 0 Å². The van der Waals surface area contributed by atoms with Crippen molar-refractivity contribution >= 4 is 0 Å². The molecule has 1 aromatic rings. The second kappa shape index (κ2) is 7.44. The third kappa shape index (κ3) is 3.80. The van der Waals surface area contributed by atoms with Crippen LogP contribution in [0.2, 0.25) is 0 Å². The molecule has 1 saturated heterocycles. The summed E-state index contributed by atoms with van der Waals surface area (Å²) in [6, 6.07) is 7.22. The molecule has 4 nitrogen and oxygen atoms in total. The molecule has 0 spiro atoms. The zero-order valence-corrected chi connectivity index (χ0v) is 13.6. The number of fused-ring (bicyclic) bond motifs is 1. The fourth-order valence-electron chi connectivity index (χ4n) is 3.64. The Morgan fingerprint density at radius 3 is 3.00 bits per heavy atom. The summed E-state index contributed by atoms with van der Waals surface area (Å²) in [6.45, 7) is 8.69. The molecule has 1 aromatic carbocycles. The van der Waals surface area contributed by atoms with Crippen LogP contribution in [0.15, 0.2) is 18.2 Å². The van der Waals surface area contributed by atoms with Gasteiger partial charge in [0, 0.05) is 38.6 Å². The lowest BCUT2D eigenvalue weighted by Crippen LogP contribution is -2.52. The molecule has 2 heterocycles. The fraction of sp³-hybridized carbons (Fsp3) is 0.667. The molecule has 2 aliphatic rings. The van der Waals surface area contributed by atoms with Crippen molar-refractivity contribution in [3.05, 3.63) is 29.3 Å². The molecular weight excluding hydrogens is 276 g/mol. The minimum atomic E-state index is 0.270. The Morgan fingerprint density at radius 1 is 1.27 bits per heavy atom. The lowest BCUT2D eigenvalue weighted by molar-refractivity contribution is 0.0681. The normalized spacial score (nSPS) is 22.5. The lowest BCUT2D eigenvalue weighted by Gasteiger charge is -2.39. The number of benzene rings is 1. The molecule has 1 atom stereocenters. The van der Waals surface area contributed by atoms with Crippen LogP contribution in [0.3, 0.4) is 0 Å². The molecule has 22 heavy (non-hydrogen) atoms. The first-order valence-corrected chi connectivity index (χ1v) is 8.58. The van der Waals surface area contributed by atoms with Crippen LogP contribution in [0.1, 0.15) is 24.5 Å². The van der Waals surface area contributed by atoms with Gasteiger partial charge in [-0.05, 0) is 43.5 Å². The number of hydrogen-bond acceptors (Lipinski definition) is 4. The van der Waals surface area contributed by atoms with Gasteiger partial charge in [0.1, 0.15) is 5.75 Å². The van der Waals surface area contributed by atoms with E-state index in [-0.39, 0.29) is 6.61 Å². The standard InChI is InChI=1S/C18H28N2O2/c1-15-14-19(8-9-20(15)10-11-21)7-2-3-16-4-5-18-17(13-16)6-12-22-18/h4-5,13,15,21H,2-3,6-12,14H2,1H3/t15-/m1/s1. The second-order valence-corrected chi connectivity index (χ2v) is 6.55. The Balaban J connectivity index is 1.42. The molecule has 122 valence electrons. The molecule has 0 amide bonds. The van der Waals surface area contributed by atoms with Gasteiger partial charge in [0.25, 0.3) is 0 Å². The van der Waals surface area contributed by atoms with Gasteiger partial charge in [-0.15, -0.1) is 0 Å². The van der Waals surface area contributed by atoms with Crippen molar-refractivity contribution in [2.45, 2.75) is 32.2 Å². The van der Waals surface area contributed by atoms with Crippen molar-refractivity contribution in [2.24, 2.45) is 0 Å². The number of rotatable bonds is 6. The molecule has 0 aliphatic carbocycles. The van der Waals surface area contributed by atoms with Crippen LogP contribution in [0.5, 0.6) is 5.75 Å². The van der Waals surface area contributed by atoms with E-state index in [1.165, 1.54) is 24.1 Å². The van der Waals surface area contributed by atoms with Crippen LogP contribution in [-0.2, 0) is 12.8 Å². The number of β-amino-alcohol motifs (C(OH)–C–C–N with tert-alkyl or cyclic N) is 1. The quantitative estimate of drug-likeness (QED) is 0.865. The van der Waals surface area contributed by atoms with Crippen LogP contribution in [0.25, 0.3) is 0 Å². The smallest absolute Gasteiger partial charge is 0.122 e. The van der Waals surface area contributed by atoms with Crippen LogP contribution in [-0.4, -0.2) is 66.9 Å². The van der Waals surface area contributed by atoms with Gasteiger partial charge >= 0.3 is 0 Å². The summed E-state index contributed by atoms with van der Waals surface area (Å²) in [6.07, 6.45) is 3.43. The Labute approximate surface area is 133 Å². The lowest BCUT2D eigenvalue weighted by atomic mass is 10.0. The molecule has 0 radical (unpaired) electrons. The average Bonchev–Trinajstić information content (AvgIpc) is 2.98. The van der Waals surface area contributed by atoms with Crippen LogP contribution < -0.4 is 4.74 Å². The number of piperazine rings is 1. The molecule has 1 fully saturated rings. The highest BCUT2D eigenvalue weighted by atomic mass is 16.5. The first-order valence-electron chi connectivity index (χ1n) is 8.58. The molecule has 2 aliphatic heterocycles. The van der Waals surface area contributed by atoms with Crippen LogP contribution in [0, 0.1) is 0 Å². The van der Waals surface area contributed by atoms with E-state index in [9.17, 15) is 0 Å². The highest BCUT2D eigenvalue weighted by Gasteiger charge is 2.22. The summed E-state index contributed by atoms with van der Waals surface area (Å²) in [5.74, 6) is 1.08. The summed E-state index contributed by atoms with van der Waals surface area (Å²) in [5, 5.41) is 9.07. The van der Waals surface area contributed by atoms with Gasteiger partial charge in [-0.2, -0.15) is 0 Å². The Morgan fingerprint density at radius 2 is 2.18 bits per heavy atom. The Kier molecular flexibility index (Phi) is 5.34. The summed E-state index contributed by atoms with van der Waals surface area (Å²) >= 11 is 0. The highest BCUT2D eigenvalue weighted by Crippen LogP contribution is 2.26. The fourth-order valence-corrected chi connectivity index (χ4v) is 3.64. The number of ether oxygens (including phenoxy) is 1. The van der Waals surface area contributed by atoms with Crippen molar-refractivity contribution in [3.63, 3.8) is 0 Å². The summed E-state index contributed by atoms with van der Waals surface area (Å²) in [7, 11) is 0. The van der Waals surface area contributed by atoms with E-state index in [4.69, 9.17) is 9.84 Å². The van der Waals surface area contributed by atoms with Gasteiger partial charge in [-0.25, -0.2) is 0 Å². The Hall–Kier alpha value is -1.10. The van der Waals surface area contributed by atoms with E-state index >= 15 is 0 Å². The van der Waals surface area contributed by atoms with Crippen molar-refractivity contribution < 1.29 is 9.84 Å². The maximum atomic E-state index is 9.07. The predicted molar refractivity (Wildman–Crippen MR) is 88.5 cm³/mol. The van der Waals surface area contributed by atoms with Gasteiger partial charge < -0.3 is 14.7 Å². The van der Waals surface area contributed by atoms with Gasteiger partial charge in [-0.3, -0.25) is 4.90 Å². The molecule has 0 bridgehead atoms. The van der Waals surface area contributed by atoms with Gasteiger partial charge in [-0.1, -0.05) is 12.1 Å². The first-order chi connectivity index (χ1) is 10.8. The largest absolute Gasteiger partial charge is 0.493 e. The van der Waals surface area contributed by atoms with Gasteiger partial charge in [0.05, 0.1) is 13.2 Å². The molecule has 4 heteroatoms. The third-order valence-electron chi connectivity index (χ3n) is 4.93. The van der Waals surface area contributed by atoms with E-state index in [0.29, 0.717) is 6.04 Å².